The molecule has 0 aliphatic rings. The molecule has 4 heteroatoms. The summed E-state index contributed by atoms with van der Waals surface area (Å²) in [6.07, 6.45) is 0. The summed E-state index contributed by atoms with van der Waals surface area (Å²) in [5.41, 5.74) is 0. The van der Waals surface area contributed by atoms with Crippen LogP contribution in [-0.4, -0.2) is 45.4 Å². The summed E-state index contributed by atoms with van der Waals surface area (Å²) in [6, 6.07) is 0. The second-order valence-corrected chi connectivity index (χ2v) is 4.41. The Kier molecular flexibility index (Phi) is 3.23. The molecule has 0 spiro atoms. The van der Waals surface area contributed by atoms with E-state index in [1.807, 2.05) is 0 Å². The molecule has 50 valence electrons. The minimum Gasteiger partial charge on any atom is -0.396 e. The van der Waals surface area contributed by atoms with Gasteiger partial charge in [0.15, 0.2) is 0 Å². The van der Waals surface area contributed by atoms with Gasteiger partial charge in [-0.15, -0.1) is 0 Å². The molecular weight excluding hydrogens is 124 g/mol. The topological polar surface area (TPSA) is 60.7 Å². The van der Waals surface area contributed by atoms with Gasteiger partial charge >= 0.3 is 0 Å². The molecule has 3 N–H and O–H groups in total. The van der Waals surface area contributed by atoms with Crippen molar-refractivity contribution >= 4 is 10.2 Å². The lowest BCUT2D eigenvalue weighted by molar-refractivity contribution is 0.110. The molecule has 0 bridgehead atoms. The van der Waals surface area contributed by atoms with E-state index in [9.17, 15) is 0 Å². The van der Waals surface area contributed by atoms with Crippen LogP contribution in [0.1, 0.15) is 0 Å². The Balaban J connectivity index is 3.58. The van der Waals surface area contributed by atoms with E-state index in [4.69, 9.17) is 15.3 Å². The Bertz CT molecular complexity index is 54.0. The zero-order valence-corrected chi connectivity index (χ0v) is 6.96. The van der Waals surface area contributed by atoms with E-state index in [1.165, 1.54) is 0 Å². The largest absolute Gasteiger partial charge is 0.396 e. The van der Waals surface area contributed by atoms with Crippen molar-refractivity contribution < 1.29 is 15.3 Å². The van der Waals surface area contributed by atoms with Gasteiger partial charge in [-0.25, -0.2) is 0 Å². The second kappa shape index (κ2) is 3.19. The van der Waals surface area contributed by atoms with Crippen molar-refractivity contribution in [1.82, 2.24) is 0 Å². The molecule has 0 unspecified atom stereocenters. The van der Waals surface area contributed by atoms with Crippen molar-refractivity contribution in [3.63, 3.8) is 0 Å². The van der Waals surface area contributed by atoms with Crippen LogP contribution in [0.3, 0.4) is 0 Å². The Morgan fingerprint density at radius 2 is 1.25 bits per heavy atom. The minimum atomic E-state index is -0.569. The number of hydrogen-bond donors (Lipinski definition) is 3. The van der Waals surface area contributed by atoms with Crippen LogP contribution >= 0.6 is 0 Å². The van der Waals surface area contributed by atoms with Crippen molar-refractivity contribution in [1.29, 1.82) is 0 Å². The van der Waals surface area contributed by atoms with E-state index in [0.717, 1.165) is 0 Å². The van der Waals surface area contributed by atoms with E-state index in [1.54, 1.807) is 0 Å². The number of rotatable bonds is 3. The first-order valence-corrected chi connectivity index (χ1v) is 3.51. The monoisotopic (exact) mass is 136 g/mol. The van der Waals surface area contributed by atoms with Gasteiger partial charge in [0, 0.05) is 35.1 Å². The van der Waals surface area contributed by atoms with Gasteiger partial charge in [-0.1, -0.05) is 0 Å². The first-order valence-electron chi connectivity index (χ1n) is 2.51. The number of hydrogen-bond acceptors (Lipinski definition) is 3. The molecule has 3 nitrogen and oxygen atoms in total. The smallest absolute Gasteiger partial charge is 0.0497 e. The summed E-state index contributed by atoms with van der Waals surface area (Å²) < 4.78 is 0. The maximum atomic E-state index is 8.50. The van der Waals surface area contributed by atoms with Crippen LogP contribution < -0.4 is 0 Å². The van der Waals surface area contributed by atoms with Crippen LogP contribution in [0.25, 0.3) is 0 Å². The molecule has 0 aromatic heterocycles. The van der Waals surface area contributed by atoms with Crippen molar-refractivity contribution in [2.75, 3.05) is 19.8 Å². The first kappa shape index (κ1) is 8.10. The highest BCUT2D eigenvalue weighted by atomic mass is 28.1. The molecule has 0 radical (unpaired) electrons. The van der Waals surface area contributed by atoms with Crippen LogP contribution in [0, 0.1) is 0 Å². The fourth-order valence-electron chi connectivity index (χ4n) is 0.150. The third-order valence-corrected chi connectivity index (χ3v) is 2.09. The van der Waals surface area contributed by atoms with Crippen molar-refractivity contribution in [3.8, 4) is 0 Å². The van der Waals surface area contributed by atoms with E-state index in [2.05, 4.69) is 0 Å². The van der Waals surface area contributed by atoms with Crippen LogP contribution in [0.5, 0.6) is 0 Å². The maximum absolute atomic E-state index is 8.50. The molecule has 8 heavy (non-hydrogen) atoms. The lowest BCUT2D eigenvalue weighted by Gasteiger charge is -2.20. The minimum absolute atomic E-state index is 0.119. The van der Waals surface area contributed by atoms with E-state index in [-0.39, 0.29) is 19.8 Å². The lowest BCUT2D eigenvalue weighted by atomic mass is 10.2. The molecule has 0 saturated carbocycles. The average molecular weight is 136 g/mol. The highest BCUT2D eigenvalue weighted by Crippen LogP contribution is 2.15. The summed E-state index contributed by atoms with van der Waals surface area (Å²) in [5.74, 6) is 0. The zero-order chi connectivity index (χ0) is 6.62. The van der Waals surface area contributed by atoms with Gasteiger partial charge in [-0.3, -0.25) is 0 Å². The van der Waals surface area contributed by atoms with Gasteiger partial charge in [-0.05, 0) is 0 Å². The third kappa shape index (κ3) is 1.91. The lowest BCUT2D eigenvalue weighted by Crippen LogP contribution is -2.26. The fourth-order valence-corrected chi connectivity index (χ4v) is 0.150. The Hall–Kier alpha value is 0.0969. The molecule has 0 aliphatic carbocycles. The molecule has 0 fully saturated rings. The van der Waals surface area contributed by atoms with Crippen molar-refractivity contribution in [3.05, 3.63) is 0 Å². The quantitative estimate of drug-likeness (QED) is 0.375. The highest BCUT2D eigenvalue weighted by Gasteiger charge is 2.20. The van der Waals surface area contributed by atoms with E-state index < -0.39 is 5.04 Å². The predicted molar refractivity (Wildman–Crippen MR) is 33.9 cm³/mol. The molecule has 0 amide bonds. The maximum Gasteiger partial charge on any atom is 0.0497 e. The van der Waals surface area contributed by atoms with Crippen LogP contribution in [0.2, 0.25) is 5.04 Å². The summed E-state index contributed by atoms with van der Waals surface area (Å²) in [6.45, 7) is -0.356. The molecule has 0 aliphatic heterocycles. The summed E-state index contributed by atoms with van der Waals surface area (Å²) in [5, 5.41) is 24.9. The SMILES string of the molecule is OCC([SiH3])(CO)CO. The molecule has 0 saturated heterocycles. The molecule has 0 aromatic carbocycles. The molecule has 0 atom stereocenters. The number of aliphatic hydroxyl groups is 3. The Labute approximate surface area is 51.4 Å². The van der Waals surface area contributed by atoms with Gasteiger partial charge in [0.05, 0.1) is 0 Å². The first-order chi connectivity index (χ1) is 3.68. The van der Waals surface area contributed by atoms with Crippen LogP contribution in [-0.2, 0) is 0 Å². The van der Waals surface area contributed by atoms with E-state index >= 15 is 0 Å². The van der Waals surface area contributed by atoms with Gasteiger partial charge in [0.2, 0.25) is 0 Å². The molecular formula is C4H12O3Si. The van der Waals surface area contributed by atoms with Crippen molar-refractivity contribution in [2.45, 2.75) is 5.04 Å². The molecule has 0 aromatic rings. The average Bonchev–Trinajstić information content (AvgIpc) is 1.87. The predicted octanol–water partition coefficient (Wildman–Crippen LogP) is -2.51. The highest BCUT2D eigenvalue weighted by molar-refractivity contribution is 6.15. The molecule has 0 rings (SSSR count). The number of aliphatic hydroxyl groups excluding tert-OH is 3. The van der Waals surface area contributed by atoms with Gasteiger partial charge < -0.3 is 15.3 Å². The van der Waals surface area contributed by atoms with Crippen LogP contribution in [0.4, 0.5) is 0 Å². The standard InChI is InChI=1S/C4H12O3Si/c5-1-4(8,2-6)3-7/h5-7H,1-3H2,8H3. The van der Waals surface area contributed by atoms with Crippen molar-refractivity contribution in [2.24, 2.45) is 0 Å². The van der Waals surface area contributed by atoms with Gasteiger partial charge in [-0.2, -0.15) is 0 Å². The zero-order valence-electron chi connectivity index (χ0n) is 4.96. The van der Waals surface area contributed by atoms with Gasteiger partial charge in [0.1, 0.15) is 0 Å². The normalized spacial score (nSPS) is 12.4. The third-order valence-electron chi connectivity index (χ3n) is 1.15. The second-order valence-electron chi connectivity index (χ2n) is 2.29. The summed E-state index contributed by atoms with van der Waals surface area (Å²) in [4.78, 5) is 0. The molecule has 0 heterocycles. The van der Waals surface area contributed by atoms with E-state index in [0.29, 0.717) is 10.2 Å². The fraction of sp³-hybridized carbons (Fsp3) is 1.00. The van der Waals surface area contributed by atoms with Crippen LogP contribution in [0.15, 0.2) is 0 Å². The summed E-state index contributed by atoms with van der Waals surface area (Å²) >= 11 is 0. The van der Waals surface area contributed by atoms with Gasteiger partial charge in [0.25, 0.3) is 0 Å². The Morgan fingerprint density at radius 3 is 1.25 bits per heavy atom. The summed E-state index contributed by atoms with van der Waals surface area (Å²) in [7, 11) is 0.620. The Morgan fingerprint density at radius 1 is 1.00 bits per heavy atom.